The molecular weight excluding hydrogens is 1030 g/mol. The molecule has 0 radical (unpaired) electrons. The number of carbonyl (C=O) groups excluding carboxylic acids is 1. The molecule has 0 saturated heterocycles. The summed E-state index contributed by atoms with van der Waals surface area (Å²) in [5, 5.41) is 53.3. The summed E-state index contributed by atoms with van der Waals surface area (Å²) >= 11 is 0.702. The van der Waals surface area contributed by atoms with Gasteiger partial charge in [0.15, 0.2) is 9.84 Å². The van der Waals surface area contributed by atoms with Gasteiger partial charge in [-0.15, -0.1) is 10.1 Å². The molecule has 26 nitrogen and oxygen atoms in total. The van der Waals surface area contributed by atoms with E-state index in [1.54, 1.807) is 6.92 Å². The Balaban J connectivity index is 0.00000845. The summed E-state index contributed by atoms with van der Waals surface area (Å²) in [7, 11) is -14.4. The zero-order valence-corrected chi connectivity index (χ0v) is 49.2. The summed E-state index contributed by atoms with van der Waals surface area (Å²) in [5.74, 6) is -3.28. The fourth-order valence-corrected chi connectivity index (χ4v) is 7.50. The van der Waals surface area contributed by atoms with Crippen LogP contribution in [0.5, 0.6) is 0 Å². The first kappa shape index (κ1) is 65.5. The van der Waals surface area contributed by atoms with E-state index in [0.717, 1.165) is 36.4 Å². The summed E-state index contributed by atoms with van der Waals surface area (Å²) in [6.45, 7) is 0.610. The number of rotatable bonds is 20. The molecule has 0 aliphatic rings. The molecule has 2 heterocycles. The number of carbonyl (C=O) groups is 1. The third kappa shape index (κ3) is 19.6. The van der Waals surface area contributed by atoms with Gasteiger partial charge < -0.3 is 45.9 Å². The van der Waals surface area contributed by atoms with E-state index in [-0.39, 0.29) is 214 Å². The zero-order chi connectivity index (χ0) is 44.5. The van der Waals surface area contributed by atoms with Gasteiger partial charge in [0, 0.05) is 11.3 Å². The van der Waals surface area contributed by atoms with Gasteiger partial charge in [-0.05, 0) is 77.1 Å². The fraction of sp³-hybridized carbons (Fsp3) is 0.100. The average Bonchev–Trinajstić information content (AvgIpc) is 3.19. The maximum Gasteiger partial charge on any atom is 1.00 e. The van der Waals surface area contributed by atoms with Crippen molar-refractivity contribution in [3.8, 4) is 5.95 Å². The predicted octanol–water partition coefficient (Wildman–Crippen LogP) is -15.1. The molecule has 2 aromatic heterocycles. The van der Waals surface area contributed by atoms with Crippen LogP contribution in [-0.4, -0.2) is 67.6 Å². The Kier molecular flexibility index (Phi) is 29.5. The first-order valence-corrected chi connectivity index (χ1v) is 21.8. The van der Waals surface area contributed by atoms with Crippen molar-refractivity contribution in [1.29, 1.82) is 0 Å². The van der Waals surface area contributed by atoms with E-state index in [2.05, 4.69) is 58.7 Å². The molecular formula is C30H23N9Na5O17S5+. The number of hydrogen-bond acceptors (Lipinski definition) is 27. The Morgan fingerprint density at radius 1 is 0.742 bits per heavy atom. The number of nitrogens with zero attached hydrogens (tertiary/aromatic N) is 6. The molecule has 3 aromatic carbocycles. The molecule has 66 heavy (non-hydrogen) atoms. The Bertz CT molecular complexity index is 2830. The van der Waals surface area contributed by atoms with Crippen molar-refractivity contribution >= 4 is 101 Å². The fourth-order valence-electron chi connectivity index (χ4n) is 4.67. The van der Waals surface area contributed by atoms with E-state index in [1.165, 1.54) is 41.2 Å². The van der Waals surface area contributed by atoms with Gasteiger partial charge in [-0.25, -0.2) is 29.8 Å². The number of sulfone groups is 1. The molecule has 0 atom stereocenters. The van der Waals surface area contributed by atoms with Crippen LogP contribution in [-0.2, 0) is 53.3 Å². The van der Waals surface area contributed by atoms with Crippen molar-refractivity contribution < 1.29 is 230 Å². The Morgan fingerprint density at radius 2 is 1.30 bits per heavy atom. The van der Waals surface area contributed by atoms with Gasteiger partial charge in [-0.1, -0.05) is 6.07 Å². The van der Waals surface area contributed by atoms with E-state index in [4.69, 9.17) is 5.73 Å². The van der Waals surface area contributed by atoms with Crippen LogP contribution in [0.25, 0.3) is 5.95 Å². The van der Waals surface area contributed by atoms with Crippen LogP contribution >= 0.6 is 24.1 Å². The van der Waals surface area contributed by atoms with Crippen molar-refractivity contribution in [2.45, 2.75) is 26.5 Å². The molecule has 0 fully saturated rings. The van der Waals surface area contributed by atoms with Crippen LogP contribution < -0.4 is 184 Å². The van der Waals surface area contributed by atoms with Gasteiger partial charge in [0.25, 0.3) is 0 Å². The third-order valence-electron chi connectivity index (χ3n) is 7.47. The van der Waals surface area contributed by atoms with Crippen molar-refractivity contribution in [1.82, 2.24) is 15.0 Å². The molecule has 5 rings (SSSR count). The number of azo groups is 1. The van der Waals surface area contributed by atoms with Gasteiger partial charge in [-0.2, -0.15) is 13.8 Å². The number of carboxylic acid groups (broad SMARTS) is 1. The summed E-state index contributed by atoms with van der Waals surface area (Å²) in [4.78, 5) is 23.3. The largest absolute Gasteiger partial charge is 1.00 e. The van der Waals surface area contributed by atoms with E-state index < -0.39 is 53.6 Å². The number of benzene rings is 3. The molecule has 0 saturated carbocycles. The standard InChI is InChI=1S/C30H27N9O17S5.5Na/c1-16-2-3-18(59(44,45)11-10-52-61(49,50)51)12-21(16)37-38-23-15-26(58-56-54-43)20(31)14-22(23)32-28-34-29(36-30(35-28)39-8-6-17(7-9-39)27(40)41)33-24-13-19(60(46,47)48)4-5-25(24)57-55-53-42;;;;;/h2-9,12-15H,10-11H2,1H3,(H8-,31,32,33,34,35,36,37,40,41,42,43,46,47,48,49,50,51);;;;;/q;5*+1/p-4. The van der Waals surface area contributed by atoms with Crippen molar-refractivity contribution in [3.05, 3.63) is 84.2 Å². The summed E-state index contributed by atoms with van der Waals surface area (Å²) < 4.78 is 108. The molecule has 0 unspecified atom stereocenters. The maximum absolute atomic E-state index is 12.9. The Morgan fingerprint density at radius 3 is 1.86 bits per heavy atom. The second-order valence-electron chi connectivity index (χ2n) is 11.5. The number of nitrogens with two attached hydrogens (primary N) is 1. The monoisotopic (exact) mass is 1060 g/mol. The predicted molar refractivity (Wildman–Crippen MR) is 197 cm³/mol. The van der Waals surface area contributed by atoms with Crippen molar-refractivity contribution in [3.63, 3.8) is 0 Å². The van der Waals surface area contributed by atoms with Crippen LogP contribution in [0.4, 0.5) is 40.3 Å². The zero-order valence-electron chi connectivity index (χ0n) is 35.1. The van der Waals surface area contributed by atoms with Crippen LogP contribution in [0.3, 0.4) is 0 Å². The first-order valence-electron chi connectivity index (χ1n) is 15.9. The molecule has 5 aromatic rings. The first-order chi connectivity index (χ1) is 28.8. The van der Waals surface area contributed by atoms with Gasteiger partial charge >= 0.3 is 166 Å². The van der Waals surface area contributed by atoms with Crippen molar-refractivity contribution in [2.75, 3.05) is 28.7 Å². The molecule has 0 aliphatic carbocycles. The van der Waals surface area contributed by atoms with E-state index in [0.29, 0.717) is 29.6 Å². The Hall–Kier alpha value is -0.520. The number of aromatic nitrogens is 4. The van der Waals surface area contributed by atoms with Crippen LogP contribution in [0.2, 0.25) is 0 Å². The van der Waals surface area contributed by atoms with Crippen LogP contribution in [0, 0.1) is 6.92 Å². The molecule has 0 bridgehead atoms. The van der Waals surface area contributed by atoms with Gasteiger partial charge in [0.05, 0.1) is 91.5 Å². The maximum atomic E-state index is 12.9. The molecule has 36 heteroatoms. The number of nitrogen functional groups attached to an aromatic ring is 1. The van der Waals surface area contributed by atoms with E-state index in [9.17, 15) is 54.8 Å². The minimum absolute atomic E-state index is 0. The summed E-state index contributed by atoms with van der Waals surface area (Å²) in [6.07, 6.45) is 2.49. The number of aromatic carboxylic acids is 1. The molecule has 4 N–H and O–H groups in total. The quantitative estimate of drug-likeness (QED) is 0.00750. The van der Waals surface area contributed by atoms with E-state index in [1.807, 2.05) is 0 Å². The topological polar surface area (TPSA) is 398 Å². The molecule has 0 aliphatic heterocycles. The molecule has 0 amide bonds. The third-order valence-corrected chi connectivity index (χ3v) is 11.7. The van der Waals surface area contributed by atoms with Gasteiger partial charge in [-0.3, -0.25) is 14.3 Å². The van der Waals surface area contributed by atoms with Gasteiger partial charge in [0.1, 0.15) is 15.8 Å². The number of anilines is 5. The minimum Gasteiger partial charge on any atom is -0.744 e. The minimum atomic E-state index is -5.16. The molecule has 0 spiro atoms. The molecule has 324 valence electrons. The van der Waals surface area contributed by atoms with Gasteiger partial charge in [0.2, 0.25) is 10.4 Å². The normalized spacial score (nSPS) is 11.2. The number of hydrogen-bond donors (Lipinski definition) is 3. The van der Waals surface area contributed by atoms with Crippen molar-refractivity contribution in [2.24, 2.45) is 10.2 Å². The SMILES string of the molecule is Cc1ccc(S(=O)(=O)CCOS(=O)(=O)[O-])cc1N=Nc1cc(SOO[O-])c(N)cc1Nc1nc(Nc2cc(S(=O)(=O)[O-])ccc2SOO[O-])nc(-[n+]2ccc(C(=O)[O-])cc2)n1.[Na+].[Na+].[Na+].[Na+].[Na+]. The Labute approximate surface area is 494 Å². The number of nitrogens with one attached hydrogen (secondary N) is 2. The summed E-state index contributed by atoms with van der Waals surface area (Å²) in [5.41, 5.74) is 6.02. The number of carboxylic acids is 1. The van der Waals surface area contributed by atoms with Crippen LogP contribution in [0.1, 0.15) is 15.9 Å². The number of pyridine rings is 1. The smallest absolute Gasteiger partial charge is 0.744 e. The second-order valence-corrected chi connectivity index (χ2v) is 17.5. The van der Waals surface area contributed by atoms with Crippen LogP contribution in [0.15, 0.2) is 103 Å². The summed E-state index contributed by atoms with van der Waals surface area (Å²) in [6, 6.07) is 11.4. The number of aryl methyl sites for hydroxylation is 1. The average molecular weight is 1060 g/mol. The second kappa shape index (κ2) is 29.7. The van der Waals surface area contributed by atoms with E-state index >= 15 is 0 Å².